The Balaban J connectivity index is 0. The summed E-state index contributed by atoms with van der Waals surface area (Å²) in [4.78, 5) is 0. The minimum Gasteiger partial charge on any atom is -0.392 e. The quantitative estimate of drug-likeness (QED) is 0.694. The van der Waals surface area contributed by atoms with Gasteiger partial charge in [-0.05, 0) is 11.1 Å². The fourth-order valence-electron chi connectivity index (χ4n) is 0.750. The van der Waals surface area contributed by atoms with Crippen molar-refractivity contribution in [1.29, 1.82) is 0 Å². The van der Waals surface area contributed by atoms with E-state index in [-0.39, 0.29) is 45.9 Å². The fourth-order valence-corrected chi connectivity index (χ4v) is 0.750. The van der Waals surface area contributed by atoms with Gasteiger partial charge in [0.25, 0.3) is 0 Å². The first-order chi connectivity index (χ1) is 4.86. The molecule has 62 valence electrons. The van der Waals surface area contributed by atoms with Crippen LogP contribution < -0.4 is 0 Å². The third kappa shape index (κ3) is 4.19. The molecule has 0 spiro atoms. The van der Waals surface area contributed by atoms with Crippen LogP contribution in [0.15, 0.2) is 24.3 Å². The molecule has 2 nitrogen and oxygen atoms in total. The van der Waals surface area contributed by atoms with E-state index in [1.54, 1.807) is 24.3 Å². The monoisotopic (exact) mass is 214 g/mol. The van der Waals surface area contributed by atoms with E-state index in [1.807, 2.05) is 0 Å². The molecule has 1 aromatic rings. The van der Waals surface area contributed by atoms with Gasteiger partial charge >= 0.3 is 0 Å². The predicted octanol–water partition coefficient (Wildman–Crippen LogP) is 0.288. The average molecular weight is 214 g/mol. The molecule has 4 radical (unpaired) electrons. The summed E-state index contributed by atoms with van der Waals surface area (Å²) < 4.78 is 0. The fraction of sp³-hybridized carbons (Fsp3) is 0.250. The largest absolute Gasteiger partial charge is 0.392 e. The molecule has 4 heteroatoms. The van der Waals surface area contributed by atoms with Crippen molar-refractivity contribution in [1.82, 2.24) is 0 Å². The molecule has 0 aliphatic carbocycles. The van der Waals surface area contributed by atoms with Crippen molar-refractivity contribution in [2.75, 3.05) is 0 Å². The molecule has 0 saturated carbocycles. The van der Waals surface area contributed by atoms with E-state index in [1.165, 1.54) is 0 Å². The molecule has 2 N–H and O–H groups in total. The van der Waals surface area contributed by atoms with Gasteiger partial charge in [-0.25, -0.2) is 0 Å². The van der Waals surface area contributed by atoms with Crippen molar-refractivity contribution >= 4 is 11.0 Å². The summed E-state index contributed by atoms with van der Waals surface area (Å²) in [6, 6.07) is 7.19. The van der Waals surface area contributed by atoms with Crippen LogP contribution in [0.3, 0.4) is 0 Å². The first-order valence-electron chi connectivity index (χ1n) is 3.16. The van der Waals surface area contributed by atoms with Crippen LogP contribution in [-0.2, 0) is 34.9 Å². The van der Waals surface area contributed by atoms with E-state index < -0.39 is 0 Å². The van der Waals surface area contributed by atoms with Crippen LogP contribution in [0.25, 0.3) is 0 Å². The zero-order chi connectivity index (χ0) is 7.40. The van der Waals surface area contributed by atoms with Gasteiger partial charge in [0.15, 0.2) is 0 Å². The van der Waals surface area contributed by atoms with Gasteiger partial charge in [-0.15, -0.1) is 0 Å². The Morgan fingerprint density at radius 1 is 0.833 bits per heavy atom. The molecule has 0 bridgehead atoms. The van der Waals surface area contributed by atoms with Crippen LogP contribution in [0.4, 0.5) is 0 Å². The third-order valence-corrected chi connectivity index (χ3v) is 1.39. The molecule has 12 heavy (non-hydrogen) atoms. The second kappa shape index (κ2) is 7.71. The van der Waals surface area contributed by atoms with Crippen LogP contribution in [0.5, 0.6) is 0 Å². The Labute approximate surface area is 91.5 Å². The van der Waals surface area contributed by atoms with Gasteiger partial charge in [0.2, 0.25) is 0 Å². The molecule has 0 saturated heterocycles. The molecular formula is C8H10O2SiTi. The molecule has 1 aromatic carbocycles. The number of hydrogen-bond donors (Lipinski definition) is 2. The van der Waals surface area contributed by atoms with Crippen molar-refractivity contribution in [3.8, 4) is 0 Å². The number of aliphatic hydroxyl groups is 2. The number of rotatable bonds is 2. The minimum absolute atomic E-state index is 0. The number of hydrogen-bond acceptors (Lipinski definition) is 2. The van der Waals surface area contributed by atoms with Crippen molar-refractivity contribution in [3.05, 3.63) is 35.4 Å². The van der Waals surface area contributed by atoms with Crippen molar-refractivity contribution < 1.29 is 31.9 Å². The molecule has 0 aliphatic rings. The second-order valence-electron chi connectivity index (χ2n) is 2.13. The molecule has 0 aromatic heterocycles. The molecular weight excluding hydrogens is 204 g/mol. The van der Waals surface area contributed by atoms with Gasteiger partial charge in [-0.1, -0.05) is 24.3 Å². The predicted molar refractivity (Wildman–Crippen MR) is 44.0 cm³/mol. The molecule has 1 rings (SSSR count). The third-order valence-electron chi connectivity index (χ3n) is 1.39. The molecule has 0 fully saturated rings. The van der Waals surface area contributed by atoms with E-state index in [4.69, 9.17) is 10.2 Å². The van der Waals surface area contributed by atoms with Crippen LogP contribution in [0.2, 0.25) is 0 Å². The second-order valence-corrected chi connectivity index (χ2v) is 2.13. The zero-order valence-electron chi connectivity index (χ0n) is 6.62. The summed E-state index contributed by atoms with van der Waals surface area (Å²) >= 11 is 0. The van der Waals surface area contributed by atoms with Crippen LogP contribution in [0, 0.1) is 0 Å². The smallest absolute Gasteiger partial charge is 0.0681 e. The van der Waals surface area contributed by atoms with Crippen molar-refractivity contribution in [2.45, 2.75) is 13.2 Å². The van der Waals surface area contributed by atoms with E-state index in [2.05, 4.69) is 0 Å². The molecule has 0 atom stereocenters. The van der Waals surface area contributed by atoms with E-state index in [0.717, 1.165) is 11.1 Å². The normalized spacial score (nSPS) is 8.17. The Morgan fingerprint density at radius 2 is 1.08 bits per heavy atom. The van der Waals surface area contributed by atoms with E-state index >= 15 is 0 Å². The van der Waals surface area contributed by atoms with Gasteiger partial charge in [-0.3, -0.25) is 0 Å². The Morgan fingerprint density at radius 3 is 1.25 bits per heavy atom. The maximum Gasteiger partial charge on any atom is 0.0681 e. The Bertz CT molecular complexity index is 178. The topological polar surface area (TPSA) is 40.5 Å². The number of aliphatic hydroxyl groups excluding tert-OH is 2. The summed E-state index contributed by atoms with van der Waals surface area (Å²) in [6.07, 6.45) is 0. The zero-order valence-corrected chi connectivity index (χ0v) is 9.18. The molecule has 0 aliphatic heterocycles. The Hall–Kier alpha value is 0.0712. The van der Waals surface area contributed by atoms with Crippen LogP contribution in [-0.4, -0.2) is 21.2 Å². The maximum atomic E-state index is 8.64. The SMILES string of the molecule is OCc1ccc(CO)cc1.[Si].[Ti]. The average Bonchev–Trinajstić information content (AvgIpc) is 2.05. The Kier molecular flexibility index (Phi) is 9.37. The summed E-state index contributed by atoms with van der Waals surface area (Å²) in [7, 11) is 0. The van der Waals surface area contributed by atoms with Crippen molar-refractivity contribution in [3.63, 3.8) is 0 Å². The standard InChI is InChI=1S/C8H10O2.Si.Ti/c9-5-7-1-2-8(6-10)4-3-7;;/h1-4,9-10H,5-6H2;;. The van der Waals surface area contributed by atoms with Crippen LogP contribution >= 0.6 is 0 Å². The van der Waals surface area contributed by atoms with Gasteiger partial charge in [0.1, 0.15) is 0 Å². The maximum absolute atomic E-state index is 8.64. The van der Waals surface area contributed by atoms with Gasteiger partial charge in [0, 0.05) is 32.7 Å². The number of benzene rings is 1. The van der Waals surface area contributed by atoms with E-state index in [9.17, 15) is 0 Å². The first kappa shape index (κ1) is 14.6. The van der Waals surface area contributed by atoms with Gasteiger partial charge < -0.3 is 10.2 Å². The van der Waals surface area contributed by atoms with Crippen LogP contribution in [0.1, 0.15) is 11.1 Å². The minimum atomic E-state index is 0. The molecule has 0 amide bonds. The summed E-state index contributed by atoms with van der Waals surface area (Å²) in [5, 5.41) is 17.3. The first-order valence-corrected chi connectivity index (χ1v) is 3.16. The van der Waals surface area contributed by atoms with Gasteiger partial charge in [-0.2, -0.15) is 0 Å². The van der Waals surface area contributed by atoms with Crippen molar-refractivity contribution in [2.24, 2.45) is 0 Å². The molecule has 0 heterocycles. The summed E-state index contributed by atoms with van der Waals surface area (Å²) in [5.41, 5.74) is 1.74. The van der Waals surface area contributed by atoms with Gasteiger partial charge in [0.05, 0.1) is 13.2 Å². The summed E-state index contributed by atoms with van der Waals surface area (Å²) in [5.74, 6) is 0. The van der Waals surface area contributed by atoms with E-state index in [0.29, 0.717) is 0 Å². The summed E-state index contributed by atoms with van der Waals surface area (Å²) in [6.45, 7) is 0.122. The molecule has 0 unspecified atom stereocenters.